The van der Waals surface area contributed by atoms with Crippen LogP contribution in [0.1, 0.15) is 35.1 Å². The zero-order valence-electron chi connectivity index (χ0n) is 16.0. The van der Waals surface area contributed by atoms with Crippen molar-refractivity contribution in [3.8, 4) is 0 Å². The summed E-state index contributed by atoms with van der Waals surface area (Å²) in [5.41, 5.74) is 4.62. The molecular weight excluding hydrogens is 410 g/mol. The highest BCUT2D eigenvalue weighted by atomic mass is 35.5. The molecule has 5 rings (SSSR count). The second-order valence-electron chi connectivity index (χ2n) is 7.19. The van der Waals surface area contributed by atoms with Gasteiger partial charge in [0, 0.05) is 48.8 Å². The normalized spacial score (nSPS) is 15.6. The lowest BCUT2D eigenvalue weighted by Crippen LogP contribution is -2.19. The molecule has 0 saturated carbocycles. The molecule has 0 unspecified atom stereocenters. The van der Waals surface area contributed by atoms with Crippen LogP contribution in [-0.4, -0.2) is 35.4 Å². The summed E-state index contributed by atoms with van der Waals surface area (Å²) < 4.78 is 0. The van der Waals surface area contributed by atoms with Crippen molar-refractivity contribution in [2.75, 3.05) is 18.0 Å². The van der Waals surface area contributed by atoms with E-state index in [0.717, 1.165) is 53.9 Å². The number of hydrogen-bond donors (Lipinski definition) is 0. The molecule has 9 nitrogen and oxygen atoms in total. The van der Waals surface area contributed by atoms with Crippen LogP contribution >= 0.6 is 11.6 Å². The topological polar surface area (TPSA) is 114 Å². The zero-order chi connectivity index (χ0) is 21.3. The average molecular weight is 428 g/mol. The number of nitrogens with zero attached hydrogens (tertiary/aromatic N) is 5. The van der Waals surface area contributed by atoms with E-state index in [4.69, 9.17) is 11.6 Å². The minimum Gasteiger partial charge on any atom is -0.366 e. The van der Waals surface area contributed by atoms with Gasteiger partial charge in [0.05, 0.1) is 22.9 Å². The maximum absolute atomic E-state index is 11.1. The molecule has 1 fully saturated rings. The SMILES string of the molecule is O=[N+]([O-])c1cc2c(cc1Cl)CN=C2.O=[N+]([O-])c1cc2c(cc1N1CCCC1)CN=C2. The number of nitro benzene ring substituents is 2. The minimum absolute atomic E-state index is 0.0613. The van der Waals surface area contributed by atoms with E-state index in [-0.39, 0.29) is 21.3 Å². The molecule has 3 aliphatic rings. The van der Waals surface area contributed by atoms with Gasteiger partial charge in [-0.15, -0.1) is 0 Å². The van der Waals surface area contributed by atoms with Crippen LogP contribution in [0.5, 0.6) is 0 Å². The molecule has 154 valence electrons. The van der Waals surface area contributed by atoms with Gasteiger partial charge in [0.2, 0.25) is 0 Å². The lowest BCUT2D eigenvalue weighted by atomic mass is 10.1. The fourth-order valence-electron chi connectivity index (χ4n) is 3.75. The number of halogens is 1. The highest BCUT2D eigenvalue weighted by molar-refractivity contribution is 6.32. The summed E-state index contributed by atoms with van der Waals surface area (Å²) in [6, 6.07) is 6.64. The Bertz CT molecular complexity index is 1090. The standard InChI is InChI=1S/C12H13N3O2.C8H5ClN2O2/c16-15(17)12-6-10-8-13-7-9(10)5-11(12)14-3-1-2-4-14;9-7-1-5-3-10-4-6(5)2-8(7)11(12)13/h5-6,8H,1-4,7H2;1-2,4H,3H2. The summed E-state index contributed by atoms with van der Waals surface area (Å²) in [7, 11) is 0. The number of anilines is 1. The lowest BCUT2D eigenvalue weighted by molar-refractivity contribution is -0.384. The Labute approximate surface area is 177 Å². The molecule has 3 aliphatic heterocycles. The Balaban J connectivity index is 0.000000151. The molecule has 1 saturated heterocycles. The highest BCUT2D eigenvalue weighted by Crippen LogP contribution is 2.34. The molecule has 0 bridgehead atoms. The molecule has 0 atom stereocenters. The number of hydrogen-bond acceptors (Lipinski definition) is 7. The molecule has 0 radical (unpaired) electrons. The summed E-state index contributed by atoms with van der Waals surface area (Å²) in [6.07, 6.45) is 5.57. The van der Waals surface area contributed by atoms with Crippen LogP contribution in [0, 0.1) is 20.2 Å². The molecule has 2 aromatic rings. The smallest absolute Gasteiger partial charge is 0.293 e. The van der Waals surface area contributed by atoms with E-state index in [1.807, 2.05) is 6.07 Å². The first kappa shape index (κ1) is 20.0. The minimum atomic E-state index is -0.491. The molecule has 0 N–H and O–H groups in total. The lowest BCUT2D eigenvalue weighted by Gasteiger charge is -2.18. The van der Waals surface area contributed by atoms with Gasteiger partial charge in [-0.1, -0.05) is 11.6 Å². The predicted molar refractivity (Wildman–Crippen MR) is 115 cm³/mol. The number of benzene rings is 2. The maximum atomic E-state index is 11.1. The van der Waals surface area contributed by atoms with E-state index in [1.165, 1.54) is 6.07 Å². The quantitative estimate of drug-likeness (QED) is 0.534. The molecule has 10 heteroatoms. The van der Waals surface area contributed by atoms with Crippen LogP contribution in [0.2, 0.25) is 5.02 Å². The van der Waals surface area contributed by atoms with Crippen LogP contribution in [0.3, 0.4) is 0 Å². The van der Waals surface area contributed by atoms with Gasteiger partial charge in [0.15, 0.2) is 0 Å². The highest BCUT2D eigenvalue weighted by Gasteiger charge is 2.25. The summed E-state index contributed by atoms with van der Waals surface area (Å²) in [5, 5.41) is 21.8. The zero-order valence-corrected chi connectivity index (χ0v) is 16.7. The maximum Gasteiger partial charge on any atom is 0.293 e. The van der Waals surface area contributed by atoms with Crippen molar-refractivity contribution in [1.82, 2.24) is 0 Å². The third kappa shape index (κ3) is 3.88. The van der Waals surface area contributed by atoms with E-state index in [2.05, 4.69) is 14.9 Å². The van der Waals surface area contributed by atoms with Crippen molar-refractivity contribution >= 4 is 41.1 Å². The van der Waals surface area contributed by atoms with Crippen molar-refractivity contribution in [3.05, 3.63) is 71.8 Å². The van der Waals surface area contributed by atoms with Gasteiger partial charge < -0.3 is 4.90 Å². The van der Waals surface area contributed by atoms with Crippen LogP contribution in [0.25, 0.3) is 0 Å². The summed E-state index contributed by atoms with van der Waals surface area (Å²) >= 11 is 5.71. The van der Waals surface area contributed by atoms with E-state index in [0.29, 0.717) is 13.1 Å². The molecule has 0 spiro atoms. The fraction of sp³-hybridized carbons (Fsp3) is 0.300. The Morgan fingerprint density at radius 3 is 1.93 bits per heavy atom. The number of nitro groups is 2. The Kier molecular flexibility index (Phi) is 5.45. The van der Waals surface area contributed by atoms with E-state index < -0.39 is 4.92 Å². The Hall–Kier alpha value is -3.33. The Morgan fingerprint density at radius 2 is 1.37 bits per heavy atom. The van der Waals surface area contributed by atoms with Crippen LogP contribution in [0.15, 0.2) is 34.3 Å². The molecule has 3 heterocycles. The van der Waals surface area contributed by atoms with Gasteiger partial charge in [0.25, 0.3) is 11.4 Å². The van der Waals surface area contributed by atoms with E-state index >= 15 is 0 Å². The van der Waals surface area contributed by atoms with Crippen LogP contribution in [-0.2, 0) is 13.1 Å². The van der Waals surface area contributed by atoms with Gasteiger partial charge in [-0.25, -0.2) is 0 Å². The van der Waals surface area contributed by atoms with Gasteiger partial charge in [-0.3, -0.25) is 30.2 Å². The van der Waals surface area contributed by atoms with Gasteiger partial charge >= 0.3 is 0 Å². The molecular formula is C20H18ClN5O4. The van der Waals surface area contributed by atoms with Crippen LogP contribution in [0.4, 0.5) is 17.1 Å². The first-order chi connectivity index (χ1) is 14.4. The first-order valence-electron chi connectivity index (χ1n) is 9.47. The van der Waals surface area contributed by atoms with Crippen molar-refractivity contribution in [3.63, 3.8) is 0 Å². The third-order valence-corrected chi connectivity index (χ3v) is 5.57. The first-order valence-corrected chi connectivity index (χ1v) is 9.84. The molecule has 0 aromatic heterocycles. The molecule has 2 aromatic carbocycles. The fourth-order valence-corrected chi connectivity index (χ4v) is 4.01. The van der Waals surface area contributed by atoms with Crippen molar-refractivity contribution in [1.29, 1.82) is 0 Å². The van der Waals surface area contributed by atoms with Crippen molar-refractivity contribution in [2.24, 2.45) is 9.98 Å². The average Bonchev–Trinajstić information content (AvgIpc) is 3.46. The summed E-state index contributed by atoms with van der Waals surface area (Å²) in [5.74, 6) is 0. The summed E-state index contributed by atoms with van der Waals surface area (Å²) in [6.45, 7) is 3.04. The number of rotatable bonds is 3. The second-order valence-corrected chi connectivity index (χ2v) is 7.60. The summed E-state index contributed by atoms with van der Waals surface area (Å²) in [4.78, 5) is 31.1. The number of aliphatic imine (C=N–C) groups is 2. The number of fused-ring (bicyclic) bond motifs is 2. The molecule has 30 heavy (non-hydrogen) atoms. The van der Waals surface area contributed by atoms with Gasteiger partial charge in [0.1, 0.15) is 10.7 Å². The monoisotopic (exact) mass is 427 g/mol. The van der Waals surface area contributed by atoms with Crippen LogP contribution < -0.4 is 4.90 Å². The predicted octanol–water partition coefficient (Wildman–Crippen LogP) is 4.31. The second kappa shape index (κ2) is 8.19. The van der Waals surface area contributed by atoms with Gasteiger partial charge in [-0.05, 0) is 36.1 Å². The largest absolute Gasteiger partial charge is 0.366 e. The Morgan fingerprint density at radius 1 is 0.833 bits per heavy atom. The van der Waals surface area contributed by atoms with E-state index in [9.17, 15) is 20.2 Å². The van der Waals surface area contributed by atoms with Crippen molar-refractivity contribution < 1.29 is 9.85 Å². The third-order valence-electron chi connectivity index (χ3n) is 5.27. The molecule has 0 aliphatic carbocycles. The molecule has 0 amide bonds. The van der Waals surface area contributed by atoms with Gasteiger partial charge in [-0.2, -0.15) is 0 Å². The van der Waals surface area contributed by atoms with Crippen molar-refractivity contribution in [2.45, 2.75) is 25.9 Å². The van der Waals surface area contributed by atoms with E-state index in [1.54, 1.807) is 24.6 Å².